The molecule has 2 saturated heterocycles. The second kappa shape index (κ2) is 16.7. The second-order valence-electron chi connectivity index (χ2n) is 13.1. The number of halogens is 2. The van der Waals surface area contributed by atoms with Crippen LogP contribution in [0, 0.1) is 0 Å². The lowest BCUT2D eigenvalue weighted by atomic mass is 10.2. The monoisotopic (exact) mass is 756 g/mol. The quantitative estimate of drug-likeness (QED) is 0.216. The van der Waals surface area contributed by atoms with Crippen molar-refractivity contribution in [2.45, 2.75) is 25.9 Å². The molecule has 2 aliphatic rings. The molecule has 0 radical (unpaired) electrons. The number of nitrogens with zero attached hydrogens (tertiary/aromatic N) is 10. The number of carbonyl (C=O) groups excluding carboxylic acids is 1. The molecule has 2 aromatic carbocycles. The van der Waals surface area contributed by atoms with Crippen molar-refractivity contribution >= 4 is 51.8 Å². The molecule has 6 aromatic rings. The third kappa shape index (κ3) is 8.75. The molecule has 13 nitrogen and oxygen atoms in total. The maximum Gasteiger partial charge on any atom is 0.350 e. The van der Waals surface area contributed by atoms with E-state index in [1.807, 2.05) is 71.6 Å². The highest BCUT2D eigenvalue weighted by atomic mass is 35.5. The topological polar surface area (TPSA) is 109 Å². The summed E-state index contributed by atoms with van der Waals surface area (Å²) in [5, 5.41) is 10.1. The number of pyridine rings is 2. The van der Waals surface area contributed by atoms with Gasteiger partial charge in [-0.3, -0.25) is 18.5 Å². The summed E-state index contributed by atoms with van der Waals surface area (Å²) < 4.78 is 5.99. The van der Waals surface area contributed by atoms with E-state index in [1.165, 1.54) is 14.8 Å². The number of carbonyl (C=O) groups is 1. The molecule has 4 aromatic heterocycles. The summed E-state index contributed by atoms with van der Waals surface area (Å²) >= 11 is 12.1. The van der Waals surface area contributed by atoms with Crippen LogP contribution in [0.5, 0.6) is 0 Å². The van der Waals surface area contributed by atoms with Crippen molar-refractivity contribution in [1.82, 2.24) is 38.2 Å². The average Bonchev–Trinajstić information content (AvgIpc) is 3.69. The molecule has 276 valence electrons. The first-order valence-electron chi connectivity index (χ1n) is 17.9. The molecule has 0 saturated carbocycles. The summed E-state index contributed by atoms with van der Waals surface area (Å²) in [7, 11) is 0. The van der Waals surface area contributed by atoms with Gasteiger partial charge in [-0.05, 0) is 67.1 Å². The van der Waals surface area contributed by atoms with Gasteiger partial charge in [0.05, 0.1) is 6.54 Å². The lowest BCUT2D eigenvalue weighted by Crippen LogP contribution is -2.49. The highest BCUT2D eigenvalue weighted by Gasteiger charge is 2.22. The number of amides is 1. The number of fused-ring (bicyclic) bond motifs is 2. The molecule has 0 aliphatic carbocycles. The Hall–Kier alpha value is -5.11. The first kappa shape index (κ1) is 36.3. The van der Waals surface area contributed by atoms with Gasteiger partial charge >= 0.3 is 11.4 Å². The first-order valence-corrected chi connectivity index (χ1v) is 18.7. The Kier molecular flexibility index (Phi) is 11.4. The van der Waals surface area contributed by atoms with Gasteiger partial charge in [-0.15, -0.1) is 10.2 Å². The van der Waals surface area contributed by atoms with Gasteiger partial charge in [0, 0.05) is 106 Å². The summed E-state index contributed by atoms with van der Waals surface area (Å²) in [6.45, 7) is 8.78. The van der Waals surface area contributed by atoms with Gasteiger partial charge in [0.2, 0.25) is 5.91 Å². The zero-order chi connectivity index (χ0) is 36.7. The van der Waals surface area contributed by atoms with Crippen molar-refractivity contribution in [3.05, 3.63) is 128 Å². The Morgan fingerprint density at radius 1 is 0.585 bits per heavy atom. The van der Waals surface area contributed by atoms with E-state index in [2.05, 4.69) is 31.0 Å². The van der Waals surface area contributed by atoms with Crippen molar-refractivity contribution in [3.8, 4) is 0 Å². The second-order valence-corrected chi connectivity index (χ2v) is 14.0. The lowest BCUT2D eigenvalue weighted by molar-refractivity contribution is -0.131. The minimum Gasteiger partial charge on any atom is -0.369 e. The summed E-state index contributed by atoms with van der Waals surface area (Å²) in [5.74, 6) is 0.0460. The van der Waals surface area contributed by atoms with Gasteiger partial charge in [-0.2, -0.15) is 0 Å². The van der Waals surface area contributed by atoms with Crippen LogP contribution in [-0.2, 0) is 17.9 Å². The van der Waals surface area contributed by atoms with Crippen molar-refractivity contribution in [3.63, 3.8) is 0 Å². The number of aryl methyl sites for hydroxylation is 2. The zero-order valence-corrected chi connectivity index (χ0v) is 30.9. The predicted molar refractivity (Wildman–Crippen MR) is 208 cm³/mol. The Morgan fingerprint density at radius 2 is 1.09 bits per heavy atom. The molecule has 1 amide bonds. The fourth-order valence-electron chi connectivity index (χ4n) is 6.82. The van der Waals surface area contributed by atoms with E-state index in [-0.39, 0.29) is 30.3 Å². The zero-order valence-electron chi connectivity index (χ0n) is 29.4. The summed E-state index contributed by atoms with van der Waals surface area (Å²) in [4.78, 5) is 46.0. The molecule has 0 unspecified atom stereocenters. The summed E-state index contributed by atoms with van der Waals surface area (Å²) in [6.07, 6.45) is 4.62. The molecule has 0 atom stereocenters. The third-order valence-electron chi connectivity index (χ3n) is 9.71. The van der Waals surface area contributed by atoms with Crippen LogP contribution in [0.3, 0.4) is 0 Å². The van der Waals surface area contributed by atoms with Crippen LogP contribution < -0.4 is 21.2 Å². The SMILES string of the molecule is O=C(CCn1nc2ccccn2c1=O)N1CCN(c2cccc(Cl)c2)CC1.O=c1n(CCCN2CCN(c3cccc(Cl)c3)CC2)nc2ccccn12. The van der Waals surface area contributed by atoms with Crippen molar-refractivity contribution < 1.29 is 4.79 Å². The largest absolute Gasteiger partial charge is 0.369 e. The number of hydrogen-bond donors (Lipinski definition) is 0. The van der Waals surface area contributed by atoms with Crippen LogP contribution in [0.15, 0.2) is 107 Å². The molecule has 0 N–H and O–H groups in total. The van der Waals surface area contributed by atoms with Crippen LogP contribution in [0.25, 0.3) is 11.3 Å². The number of piperazine rings is 2. The smallest absolute Gasteiger partial charge is 0.350 e. The van der Waals surface area contributed by atoms with Crippen LogP contribution in [-0.4, -0.2) is 103 Å². The van der Waals surface area contributed by atoms with E-state index in [1.54, 1.807) is 33.6 Å². The van der Waals surface area contributed by atoms with E-state index in [9.17, 15) is 14.4 Å². The van der Waals surface area contributed by atoms with Crippen molar-refractivity contribution in [2.75, 3.05) is 68.7 Å². The van der Waals surface area contributed by atoms with Crippen molar-refractivity contribution in [2.24, 2.45) is 0 Å². The lowest BCUT2D eigenvalue weighted by Gasteiger charge is -2.36. The van der Waals surface area contributed by atoms with Gasteiger partial charge in [0.25, 0.3) is 0 Å². The fourth-order valence-corrected chi connectivity index (χ4v) is 7.19. The van der Waals surface area contributed by atoms with Crippen LogP contribution in [0.4, 0.5) is 11.4 Å². The molecule has 0 bridgehead atoms. The third-order valence-corrected chi connectivity index (χ3v) is 10.2. The van der Waals surface area contributed by atoms with Crippen LogP contribution in [0.2, 0.25) is 10.0 Å². The minimum atomic E-state index is -0.218. The van der Waals surface area contributed by atoms with E-state index in [0.29, 0.717) is 36.0 Å². The van der Waals surface area contributed by atoms with Gasteiger partial charge < -0.3 is 14.7 Å². The number of rotatable bonds is 9. The molecular formula is C38H42Cl2N10O3. The van der Waals surface area contributed by atoms with Gasteiger partial charge in [0.1, 0.15) is 0 Å². The molecule has 8 rings (SSSR count). The number of anilines is 2. The Labute approximate surface area is 316 Å². The van der Waals surface area contributed by atoms with E-state index < -0.39 is 0 Å². The van der Waals surface area contributed by atoms with Gasteiger partial charge in [0.15, 0.2) is 11.3 Å². The molecule has 15 heteroatoms. The van der Waals surface area contributed by atoms with Crippen LogP contribution >= 0.6 is 23.2 Å². The first-order chi connectivity index (χ1) is 25.8. The van der Waals surface area contributed by atoms with E-state index >= 15 is 0 Å². The molecule has 2 fully saturated rings. The Bertz CT molecular complexity index is 2280. The molecule has 2 aliphatic heterocycles. The van der Waals surface area contributed by atoms with Gasteiger partial charge in [-0.1, -0.05) is 47.5 Å². The Balaban J connectivity index is 0.000000164. The van der Waals surface area contributed by atoms with E-state index in [4.69, 9.17) is 23.2 Å². The number of hydrogen-bond acceptors (Lipinski definition) is 8. The fraction of sp³-hybridized carbons (Fsp3) is 0.342. The molecule has 0 spiro atoms. The Morgan fingerprint density at radius 3 is 1.60 bits per heavy atom. The molecular weight excluding hydrogens is 715 g/mol. The minimum absolute atomic E-state index is 0.0460. The summed E-state index contributed by atoms with van der Waals surface area (Å²) in [6, 6.07) is 26.8. The van der Waals surface area contributed by atoms with Gasteiger partial charge in [-0.25, -0.2) is 19.0 Å². The molecule has 53 heavy (non-hydrogen) atoms. The number of benzene rings is 2. The van der Waals surface area contributed by atoms with E-state index in [0.717, 1.165) is 62.9 Å². The van der Waals surface area contributed by atoms with Crippen molar-refractivity contribution in [1.29, 1.82) is 0 Å². The normalized spacial score (nSPS) is 15.2. The highest BCUT2D eigenvalue weighted by Crippen LogP contribution is 2.22. The number of aromatic nitrogens is 6. The standard InChI is InChI=1S/C19H20ClN5O2.C19H22ClN5O/c20-15-4-3-5-16(14-15)22-10-12-23(13-11-22)18(26)7-9-25-19(27)24-8-2-1-6-17(24)21-25;20-16-5-3-6-17(15-16)23-13-11-22(12-14-23)8-4-10-25-19(26)24-9-2-1-7-18(24)21-25/h1-6,8,14H,7,9-13H2;1-3,5-7,9,15H,4,8,10-14H2. The maximum absolute atomic E-state index is 12.5. The average molecular weight is 758 g/mol. The highest BCUT2D eigenvalue weighted by molar-refractivity contribution is 6.31. The van der Waals surface area contributed by atoms with Crippen LogP contribution in [0.1, 0.15) is 12.8 Å². The maximum atomic E-state index is 12.5. The molecule has 6 heterocycles. The predicted octanol–water partition coefficient (Wildman–Crippen LogP) is 4.25. The summed E-state index contributed by atoms with van der Waals surface area (Å²) in [5.41, 5.74) is 3.27.